The van der Waals surface area contributed by atoms with Gasteiger partial charge in [-0.2, -0.15) is 0 Å². The molecule has 5 nitrogen and oxygen atoms in total. The van der Waals surface area contributed by atoms with Crippen LogP contribution in [0, 0.1) is 6.92 Å². The molecule has 138 valence electrons. The number of halogens is 1. The largest absolute Gasteiger partial charge is 0.372 e. The SMILES string of the molecule is CCN(CCCNC(=NC)NCc1cnc(C)s1)c1ccccc1.I. The fourth-order valence-corrected chi connectivity index (χ4v) is 3.20. The molecule has 2 aromatic rings. The summed E-state index contributed by atoms with van der Waals surface area (Å²) in [5.74, 6) is 0.837. The molecule has 2 N–H and O–H groups in total. The average Bonchev–Trinajstić information content (AvgIpc) is 3.03. The van der Waals surface area contributed by atoms with Crippen LogP contribution in [0.3, 0.4) is 0 Å². The van der Waals surface area contributed by atoms with Gasteiger partial charge in [-0.3, -0.25) is 4.99 Å². The van der Waals surface area contributed by atoms with Crippen molar-refractivity contribution in [2.75, 3.05) is 31.6 Å². The van der Waals surface area contributed by atoms with Crippen LogP contribution < -0.4 is 15.5 Å². The second-order valence-corrected chi connectivity index (χ2v) is 6.79. The van der Waals surface area contributed by atoms with Crippen LogP contribution in [0.1, 0.15) is 23.2 Å². The Bertz CT molecular complexity index is 629. The Kier molecular flexibility index (Phi) is 10.5. The van der Waals surface area contributed by atoms with E-state index in [0.717, 1.165) is 43.6 Å². The van der Waals surface area contributed by atoms with E-state index in [-0.39, 0.29) is 24.0 Å². The Hall–Kier alpha value is -1.35. The highest BCUT2D eigenvalue weighted by Gasteiger charge is 2.04. The molecule has 0 unspecified atom stereocenters. The smallest absolute Gasteiger partial charge is 0.191 e. The first kappa shape index (κ1) is 21.7. The Balaban J connectivity index is 0.00000312. The lowest BCUT2D eigenvalue weighted by Crippen LogP contribution is -2.38. The first-order chi connectivity index (χ1) is 11.7. The van der Waals surface area contributed by atoms with E-state index in [2.05, 4.69) is 62.8 Å². The predicted molar refractivity (Wildman–Crippen MR) is 119 cm³/mol. The van der Waals surface area contributed by atoms with Crippen LogP contribution >= 0.6 is 35.3 Å². The highest BCUT2D eigenvalue weighted by atomic mass is 127. The van der Waals surface area contributed by atoms with Crippen molar-refractivity contribution in [3.05, 3.63) is 46.4 Å². The monoisotopic (exact) mass is 473 g/mol. The van der Waals surface area contributed by atoms with Gasteiger partial charge in [0.15, 0.2) is 5.96 Å². The van der Waals surface area contributed by atoms with Crippen LogP contribution in [0.15, 0.2) is 41.5 Å². The molecule has 0 radical (unpaired) electrons. The van der Waals surface area contributed by atoms with Gasteiger partial charge in [0.05, 0.1) is 11.6 Å². The van der Waals surface area contributed by atoms with E-state index < -0.39 is 0 Å². The molecule has 0 amide bonds. The summed E-state index contributed by atoms with van der Waals surface area (Å²) in [6, 6.07) is 10.6. The zero-order chi connectivity index (χ0) is 17.2. The summed E-state index contributed by atoms with van der Waals surface area (Å²) >= 11 is 1.71. The maximum atomic E-state index is 4.27. The van der Waals surface area contributed by atoms with Crippen molar-refractivity contribution < 1.29 is 0 Å². The molecular weight excluding hydrogens is 445 g/mol. The van der Waals surface area contributed by atoms with E-state index in [1.54, 1.807) is 18.4 Å². The lowest BCUT2D eigenvalue weighted by Gasteiger charge is -2.23. The third kappa shape index (κ3) is 7.60. The van der Waals surface area contributed by atoms with E-state index in [1.165, 1.54) is 10.6 Å². The number of anilines is 1. The molecule has 0 aliphatic carbocycles. The third-order valence-electron chi connectivity index (χ3n) is 3.72. The maximum Gasteiger partial charge on any atom is 0.191 e. The van der Waals surface area contributed by atoms with Crippen LogP contribution in [0.25, 0.3) is 0 Å². The van der Waals surface area contributed by atoms with Crippen LogP contribution in [-0.2, 0) is 6.54 Å². The number of nitrogens with zero attached hydrogens (tertiary/aromatic N) is 3. The van der Waals surface area contributed by atoms with Crippen LogP contribution in [0.4, 0.5) is 5.69 Å². The summed E-state index contributed by atoms with van der Waals surface area (Å²) in [4.78, 5) is 12.1. The van der Waals surface area contributed by atoms with Crippen molar-refractivity contribution in [1.29, 1.82) is 0 Å². The standard InChI is InChI=1S/C18H27N5S.HI/c1-4-23(16-9-6-5-7-10-16)12-8-11-20-18(19-3)22-14-17-13-21-15(2)24-17;/h5-7,9-10,13H,4,8,11-12,14H2,1-3H3,(H2,19,20,22);1H. The summed E-state index contributed by atoms with van der Waals surface area (Å²) in [5.41, 5.74) is 1.28. The topological polar surface area (TPSA) is 52.5 Å². The number of hydrogen-bond acceptors (Lipinski definition) is 4. The second-order valence-electron chi connectivity index (χ2n) is 5.47. The molecule has 0 aliphatic rings. The van der Waals surface area contributed by atoms with Crippen molar-refractivity contribution in [2.24, 2.45) is 4.99 Å². The zero-order valence-corrected chi connectivity index (χ0v) is 18.3. The minimum Gasteiger partial charge on any atom is -0.372 e. The first-order valence-electron chi connectivity index (χ1n) is 8.38. The Labute approximate surface area is 172 Å². The maximum absolute atomic E-state index is 4.27. The van der Waals surface area contributed by atoms with Crippen molar-refractivity contribution in [2.45, 2.75) is 26.8 Å². The molecule has 25 heavy (non-hydrogen) atoms. The van der Waals surface area contributed by atoms with Gasteiger partial charge in [-0.25, -0.2) is 4.98 Å². The van der Waals surface area contributed by atoms with Crippen molar-refractivity contribution >= 4 is 47.0 Å². The van der Waals surface area contributed by atoms with E-state index >= 15 is 0 Å². The van der Waals surface area contributed by atoms with Crippen molar-refractivity contribution in [1.82, 2.24) is 15.6 Å². The summed E-state index contributed by atoms with van der Waals surface area (Å²) < 4.78 is 0. The van der Waals surface area contributed by atoms with E-state index in [4.69, 9.17) is 0 Å². The van der Waals surface area contributed by atoms with Gasteiger partial charge < -0.3 is 15.5 Å². The Morgan fingerprint density at radius 3 is 2.60 bits per heavy atom. The van der Waals surface area contributed by atoms with Crippen LogP contribution in [0.5, 0.6) is 0 Å². The molecule has 1 aromatic carbocycles. The van der Waals surface area contributed by atoms with Crippen molar-refractivity contribution in [3.63, 3.8) is 0 Å². The minimum absolute atomic E-state index is 0. The molecule has 0 saturated heterocycles. The van der Waals surface area contributed by atoms with Gasteiger partial charge in [-0.1, -0.05) is 18.2 Å². The van der Waals surface area contributed by atoms with Gasteiger partial charge >= 0.3 is 0 Å². The summed E-state index contributed by atoms with van der Waals surface area (Å²) in [7, 11) is 1.80. The fraction of sp³-hybridized carbons (Fsp3) is 0.444. The summed E-state index contributed by atoms with van der Waals surface area (Å²) in [5, 5.41) is 7.80. The number of guanidine groups is 1. The summed E-state index contributed by atoms with van der Waals surface area (Å²) in [6.07, 6.45) is 2.97. The van der Waals surface area contributed by atoms with Gasteiger partial charge in [-0.05, 0) is 32.4 Å². The Morgan fingerprint density at radius 1 is 1.24 bits per heavy atom. The molecular formula is C18H28IN5S. The predicted octanol–water partition coefficient (Wildman–Crippen LogP) is 3.65. The minimum atomic E-state index is 0. The van der Waals surface area contributed by atoms with E-state index in [0.29, 0.717) is 0 Å². The molecule has 7 heteroatoms. The lowest BCUT2D eigenvalue weighted by atomic mass is 10.2. The summed E-state index contributed by atoms with van der Waals surface area (Å²) in [6.45, 7) is 7.91. The molecule has 1 aromatic heterocycles. The number of rotatable bonds is 8. The molecule has 1 heterocycles. The number of hydrogen-bond donors (Lipinski definition) is 2. The lowest BCUT2D eigenvalue weighted by molar-refractivity contribution is 0.709. The quantitative estimate of drug-likeness (QED) is 0.266. The number of aryl methyl sites for hydroxylation is 1. The molecule has 0 aliphatic heterocycles. The highest BCUT2D eigenvalue weighted by Crippen LogP contribution is 2.13. The van der Waals surface area contributed by atoms with Gasteiger partial charge in [0.25, 0.3) is 0 Å². The van der Waals surface area contributed by atoms with Gasteiger partial charge in [0.1, 0.15) is 0 Å². The first-order valence-corrected chi connectivity index (χ1v) is 9.20. The molecule has 0 spiro atoms. The van der Waals surface area contributed by atoms with Crippen LogP contribution in [0.2, 0.25) is 0 Å². The van der Waals surface area contributed by atoms with Gasteiger partial charge in [0.2, 0.25) is 0 Å². The fourth-order valence-electron chi connectivity index (χ4n) is 2.46. The highest BCUT2D eigenvalue weighted by molar-refractivity contribution is 14.0. The molecule has 0 saturated carbocycles. The zero-order valence-electron chi connectivity index (χ0n) is 15.2. The normalized spacial score (nSPS) is 10.9. The average molecular weight is 473 g/mol. The van der Waals surface area contributed by atoms with Crippen LogP contribution in [-0.4, -0.2) is 37.6 Å². The number of thiazole rings is 1. The number of aromatic nitrogens is 1. The molecule has 0 bridgehead atoms. The number of para-hydroxylation sites is 1. The Morgan fingerprint density at radius 2 is 2.00 bits per heavy atom. The number of nitrogens with one attached hydrogen (secondary N) is 2. The van der Waals surface area contributed by atoms with Crippen molar-refractivity contribution in [3.8, 4) is 0 Å². The third-order valence-corrected chi connectivity index (χ3v) is 4.64. The molecule has 2 rings (SSSR count). The van der Waals surface area contributed by atoms with Gasteiger partial charge in [0, 0.05) is 43.4 Å². The van der Waals surface area contributed by atoms with Gasteiger partial charge in [-0.15, -0.1) is 35.3 Å². The number of aliphatic imine (C=N–C) groups is 1. The van der Waals surface area contributed by atoms with E-state index in [9.17, 15) is 0 Å². The molecule has 0 atom stereocenters. The second kappa shape index (κ2) is 12.1. The van der Waals surface area contributed by atoms with E-state index in [1.807, 2.05) is 13.1 Å². The number of benzene rings is 1. The molecule has 0 fully saturated rings.